The zero-order chi connectivity index (χ0) is 96.9. The standard InChI is InChI=1S/C7H10N2.20H2O4S/c1-5-4-6(8)2-3-7(5)9;20*1-5(2,3)4/h2-4H,8-9H2,1H3;20*(H2,1,2,3,4). The summed E-state index contributed by atoms with van der Waals surface area (Å²) in [6.45, 7) is 1.94. The number of anilines is 2. The first kappa shape index (κ1) is 157. The third-order valence-electron chi connectivity index (χ3n) is 1.29. The van der Waals surface area contributed by atoms with Gasteiger partial charge in [-0.2, -0.15) is 168 Å². The van der Waals surface area contributed by atoms with Gasteiger partial charge in [0, 0.05) is 11.4 Å². The number of nitrogen functional groups attached to an aromatic ring is 2. The molecule has 0 unspecified atom stereocenters. The van der Waals surface area contributed by atoms with Crippen molar-refractivity contribution in [2.24, 2.45) is 0 Å². The molecular formula is C7H50N2O80S20. The first-order valence-corrected chi connectivity index (χ1v) is 44.7. The average Bonchev–Trinajstić information content (AvgIpc) is 3.02. The van der Waals surface area contributed by atoms with E-state index in [9.17, 15) is 0 Å². The zero-order valence-corrected chi connectivity index (χ0v) is 64.1. The molecule has 0 aliphatic carbocycles. The first-order chi connectivity index (χ1) is 44.2. The molecule has 0 fully saturated rings. The van der Waals surface area contributed by atoms with Crippen molar-refractivity contribution in [3.05, 3.63) is 23.8 Å². The summed E-state index contributed by atoms with van der Waals surface area (Å²) in [7, 11) is -93.3. The van der Waals surface area contributed by atoms with Gasteiger partial charge in [0.2, 0.25) is 0 Å². The van der Waals surface area contributed by atoms with Crippen LogP contribution in [0.15, 0.2) is 18.2 Å². The second kappa shape index (κ2) is 67.5. The fourth-order valence-corrected chi connectivity index (χ4v) is 0.699. The van der Waals surface area contributed by atoms with E-state index in [0.717, 1.165) is 16.9 Å². The molecule has 0 atom stereocenters. The molecular weight excluding hydrogens is 2030 g/mol. The van der Waals surface area contributed by atoms with Crippen LogP contribution in [0.3, 0.4) is 0 Å². The molecule has 0 aliphatic rings. The molecule has 1 aromatic rings. The Balaban J connectivity index is -0.0000000425. The molecule has 0 aliphatic heterocycles. The molecule has 1 rings (SSSR count). The Labute approximate surface area is 607 Å². The molecule has 102 heteroatoms. The van der Waals surface area contributed by atoms with E-state index in [1.54, 1.807) is 6.07 Å². The maximum Gasteiger partial charge on any atom is 0.394 e. The summed E-state index contributed by atoms with van der Waals surface area (Å²) in [5.74, 6) is 0. The Kier molecular flexibility index (Phi) is 97.5. The fourth-order valence-electron chi connectivity index (χ4n) is 0.699. The van der Waals surface area contributed by atoms with Crippen LogP contribution in [0.1, 0.15) is 5.56 Å². The van der Waals surface area contributed by atoms with Gasteiger partial charge in [-0.15, -0.1) is 0 Å². The van der Waals surface area contributed by atoms with Crippen LogP contribution in [0.2, 0.25) is 0 Å². The maximum absolute atomic E-state index is 8.74. The fraction of sp³-hybridized carbons (Fsp3) is 0.143. The van der Waals surface area contributed by atoms with Gasteiger partial charge in [0.25, 0.3) is 0 Å². The molecule has 0 saturated carbocycles. The van der Waals surface area contributed by atoms with Gasteiger partial charge >= 0.3 is 208 Å². The molecule has 0 saturated heterocycles. The summed E-state index contributed by atoms with van der Waals surface area (Å²) in [6, 6.07) is 5.46. The Hall–Kier alpha value is -3.78. The molecule has 0 amide bonds. The predicted molar refractivity (Wildman–Crippen MR) is 324 cm³/mol. The highest BCUT2D eigenvalue weighted by Gasteiger charge is 1.94. The molecule has 109 heavy (non-hydrogen) atoms. The first-order valence-electron chi connectivity index (χ1n) is 16.8. The van der Waals surface area contributed by atoms with Crippen LogP contribution >= 0.6 is 0 Å². The van der Waals surface area contributed by atoms with Crippen molar-refractivity contribution in [2.75, 3.05) is 11.5 Å². The van der Waals surface area contributed by atoms with Crippen molar-refractivity contribution < 1.29 is 350 Å². The summed E-state index contributed by atoms with van der Waals surface area (Å²) >= 11 is 0. The molecule has 0 radical (unpaired) electrons. The van der Waals surface area contributed by atoms with Gasteiger partial charge < -0.3 is 11.5 Å². The molecule has 0 heterocycles. The SMILES string of the molecule is Cc1cc(N)ccc1N.O=S(=O)(O)O.O=S(=O)(O)O.O=S(=O)(O)O.O=S(=O)(O)O.O=S(=O)(O)O.O=S(=O)(O)O.O=S(=O)(O)O.O=S(=O)(O)O.O=S(=O)(O)O.O=S(=O)(O)O.O=S(=O)(O)O.O=S(=O)(O)O.O=S(=O)(O)O.O=S(=O)(O)O.O=S(=O)(O)O.O=S(=O)(O)O.O=S(=O)(O)O.O=S(=O)(O)O.O=S(=O)(O)O.O=S(=O)(O)O. The lowest BCUT2D eigenvalue weighted by Gasteiger charge is -1.98. The summed E-state index contributed by atoms with van der Waals surface area (Å²) < 4.78 is 632. The Morgan fingerprint density at radius 2 is 0.211 bits per heavy atom. The summed E-state index contributed by atoms with van der Waals surface area (Å²) in [4.78, 5) is 0. The largest absolute Gasteiger partial charge is 0.399 e. The van der Waals surface area contributed by atoms with Gasteiger partial charge in [0.05, 0.1) is 0 Å². The van der Waals surface area contributed by atoms with E-state index in [-0.39, 0.29) is 0 Å². The molecule has 1 aromatic carbocycles. The Bertz CT molecular complexity index is 3550. The van der Waals surface area contributed by atoms with Gasteiger partial charge in [-0.25, -0.2) is 0 Å². The van der Waals surface area contributed by atoms with Crippen LogP contribution in [-0.4, -0.2) is 350 Å². The number of hydrogen-bond acceptors (Lipinski definition) is 42. The number of benzene rings is 1. The van der Waals surface area contributed by atoms with Crippen LogP contribution in [0.5, 0.6) is 0 Å². The highest BCUT2D eigenvalue weighted by molar-refractivity contribution is 7.83. The molecule has 688 valence electrons. The van der Waals surface area contributed by atoms with Gasteiger partial charge in [-0.1, -0.05) is 0 Å². The molecule has 0 bridgehead atoms. The lowest BCUT2D eigenvalue weighted by molar-refractivity contribution is 0.378. The predicted octanol–water partition coefficient (Wildman–Crippen LogP) is -11.9. The smallest absolute Gasteiger partial charge is 0.394 e. The van der Waals surface area contributed by atoms with E-state index in [2.05, 4.69) is 0 Å². The van der Waals surface area contributed by atoms with E-state index >= 15 is 0 Å². The van der Waals surface area contributed by atoms with Crippen molar-refractivity contribution in [1.82, 2.24) is 0 Å². The molecule has 0 spiro atoms. The van der Waals surface area contributed by atoms with E-state index in [0.29, 0.717) is 0 Å². The van der Waals surface area contributed by atoms with Crippen molar-refractivity contribution in [1.29, 1.82) is 0 Å². The van der Waals surface area contributed by atoms with Crippen LogP contribution in [0, 0.1) is 6.92 Å². The van der Waals surface area contributed by atoms with Gasteiger partial charge in [0.15, 0.2) is 0 Å². The van der Waals surface area contributed by atoms with Crippen LogP contribution < -0.4 is 11.5 Å². The summed E-state index contributed by atoms with van der Waals surface area (Å²) in [5, 5.41) is 0. The number of aryl methyl sites for hydroxylation is 1. The van der Waals surface area contributed by atoms with Crippen molar-refractivity contribution in [3.63, 3.8) is 0 Å². The quantitative estimate of drug-likeness (QED) is 0.0847. The second-order valence-corrected chi connectivity index (χ2v) is 29.0. The third kappa shape index (κ3) is 12800. The van der Waals surface area contributed by atoms with E-state index in [1.807, 2.05) is 19.1 Å². The topological polar surface area (TPSA) is 1540 Å². The van der Waals surface area contributed by atoms with Gasteiger partial charge in [-0.3, -0.25) is 182 Å². The Morgan fingerprint density at radius 1 is 0.156 bits per heavy atom. The monoisotopic (exact) mass is 2080 g/mol. The molecule has 82 nitrogen and oxygen atoms in total. The second-order valence-electron chi connectivity index (χ2n) is 11.1. The summed E-state index contributed by atoms with van der Waals surface area (Å²) in [5.41, 5.74) is 13.6. The zero-order valence-electron chi connectivity index (χ0n) is 47.8. The summed E-state index contributed by atoms with van der Waals surface area (Å²) in [6.07, 6.45) is 0. The van der Waals surface area contributed by atoms with Gasteiger partial charge in [-0.05, 0) is 30.7 Å². The number of hydrogen-bond donors (Lipinski definition) is 42. The average molecular weight is 2080 g/mol. The normalized spacial score (nSPS) is 11.4. The van der Waals surface area contributed by atoms with Crippen LogP contribution in [-0.2, 0) is 208 Å². The van der Waals surface area contributed by atoms with Crippen molar-refractivity contribution in [3.8, 4) is 0 Å². The molecule has 0 aromatic heterocycles. The van der Waals surface area contributed by atoms with Crippen LogP contribution in [0.4, 0.5) is 11.4 Å². The Morgan fingerprint density at radius 3 is 0.248 bits per heavy atom. The minimum atomic E-state index is -4.67. The number of rotatable bonds is 0. The van der Waals surface area contributed by atoms with Crippen molar-refractivity contribution in [2.45, 2.75) is 6.92 Å². The maximum atomic E-state index is 8.74. The molecule has 44 N–H and O–H groups in total. The van der Waals surface area contributed by atoms with Crippen LogP contribution in [0.25, 0.3) is 0 Å². The minimum absolute atomic E-state index is 0.765. The highest BCUT2D eigenvalue weighted by atomic mass is 32.3. The lowest BCUT2D eigenvalue weighted by Crippen LogP contribution is -1.91. The third-order valence-corrected chi connectivity index (χ3v) is 1.29. The highest BCUT2D eigenvalue weighted by Crippen LogP contribution is 2.13. The van der Waals surface area contributed by atoms with Crippen molar-refractivity contribution >= 4 is 219 Å². The number of nitrogens with two attached hydrogens (primary N) is 2. The van der Waals surface area contributed by atoms with E-state index in [4.69, 9.17) is 362 Å². The lowest BCUT2D eigenvalue weighted by atomic mass is 10.2. The van der Waals surface area contributed by atoms with Gasteiger partial charge in [0.1, 0.15) is 0 Å². The van der Waals surface area contributed by atoms with E-state index in [1.165, 1.54) is 0 Å². The minimum Gasteiger partial charge on any atom is -0.399 e. The van der Waals surface area contributed by atoms with E-state index < -0.39 is 208 Å².